The lowest BCUT2D eigenvalue weighted by Crippen LogP contribution is -2.29. The fourth-order valence-corrected chi connectivity index (χ4v) is 3.00. The molecule has 2 rings (SSSR count). The molecule has 0 saturated heterocycles. The van der Waals surface area contributed by atoms with E-state index in [1.165, 1.54) is 28.4 Å². The van der Waals surface area contributed by atoms with Gasteiger partial charge in [-0.1, -0.05) is 11.6 Å². The van der Waals surface area contributed by atoms with Crippen molar-refractivity contribution in [2.75, 3.05) is 28.4 Å². The predicted octanol–water partition coefficient (Wildman–Crippen LogP) is 2.13. The number of hydrogen-bond acceptors (Lipinski definition) is 6. The lowest BCUT2D eigenvalue weighted by Gasteiger charge is -2.16. The molecule has 0 fully saturated rings. The number of aromatic nitrogens is 1. The summed E-state index contributed by atoms with van der Waals surface area (Å²) in [4.78, 5) is 15.0. The third-order valence-corrected chi connectivity index (χ3v) is 4.21. The van der Waals surface area contributed by atoms with E-state index < -0.39 is 5.97 Å². The van der Waals surface area contributed by atoms with Crippen LogP contribution in [0.5, 0.6) is 17.2 Å². The summed E-state index contributed by atoms with van der Waals surface area (Å²) in [6.07, 6.45) is 0. The number of carbonyl (C=O) groups is 1. The third kappa shape index (κ3) is 3.87. The van der Waals surface area contributed by atoms with Crippen LogP contribution in [0.2, 0.25) is 5.02 Å². The smallest absolute Gasteiger partial charge is 0.356 e. The highest BCUT2D eigenvalue weighted by Gasteiger charge is 2.27. The van der Waals surface area contributed by atoms with Gasteiger partial charge in [0, 0.05) is 16.8 Å². The Labute approximate surface area is 161 Å². The number of hydrogen-bond donors (Lipinski definition) is 4. The number of esters is 1. The summed E-state index contributed by atoms with van der Waals surface area (Å²) < 4.78 is 21.0. The van der Waals surface area contributed by atoms with Crippen LogP contribution in [0.4, 0.5) is 0 Å². The molecule has 10 heteroatoms. The number of aromatic amines is 1. The fraction of sp³-hybridized carbons (Fsp3) is 0.294. The van der Waals surface area contributed by atoms with Gasteiger partial charge in [-0.15, -0.1) is 0 Å². The zero-order valence-electron chi connectivity index (χ0n) is 15.4. The molecule has 0 atom stereocenters. The summed E-state index contributed by atoms with van der Waals surface area (Å²) in [7, 11) is 5.73. The fourth-order valence-electron chi connectivity index (χ4n) is 2.66. The Morgan fingerprint density at radius 1 is 1.19 bits per heavy atom. The van der Waals surface area contributed by atoms with Crippen molar-refractivity contribution in [3.8, 4) is 28.4 Å². The van der Waals surface area contributed by atoms with Gasteiger partial charge in [-0.25, -0.2) is 4.79 Å². The molecule has 1 aromatic carbocycles. The molecular weight excluding hydrogens is 376 g/mol. The topological polar surface area (TPSA) is 132 Å². The summed E-state index contributed by atoms with van der Waals surface area (Å²) in [5.74, 6) is 0.361. The first-order valence-electron chi connectivity index (χ1n) is 7.75. The zero-order valence-corrected chi connectivity index (χ0v) is 16.1. The molecular formula is C17H21ClN4O5. The van der Waals surface area contributed by atoms with E-state index in [9.17, 15) is 4.79 Å². The normalized spacial score (nSPS) is 10.3. The summed E-state index contributed by atoms with van der Waals surface area (Å²) >= 11 is 6.48. The number of H-pyrrole nitrogens is 1. The van der Waals surface area contributed by atoms with Gasteiger partial charge in [0.25, 0.3) is 0 Å². The number of guanidine groups is 1. The minimum Gasteiger partial charge on any atom is -0.493 e. The predicted molar refractivity (Wildman–Crippen MR) is 101 cm³/mol. The number of nitrogens with two attached hydrogens (primary N) is 1. The Balaban J connectivity index is 2.74. The first kappa shape index (κ1) is 20.2. The second-order valence-corrected chi connectivity index (χ2v) is 5.69. The molecule has 2 aromatic rings. The molecule has 1 aromatic heterocycles. The van der Waals surface area contributed by atoms with Crippen LogP contribution < -0.4 is 25.3 Å². The molecule has 5 N–H and O–H groups in total. The monoisotopic (exact) mass is 396 g/mol. The van der Waals surface area contributed by atoms with Crippen LogP contribution in [0.25, 0.3) is 11.1 Å². The van der Waals surface area contributed by atoms with Crippen molar-refractivity contribution in [3.63, 3.8) is 0 Å². The van der Waals surface area contributed by atoms with Crippen LogP contribution in [-0.2, 0) is 11.3 Å². The summed E-state index contributed by atoms with van der Waals surface area (Å²) in [6, 6.07) is 3.42. The lowest BCUT2D eigenvalue weighted by atomic mass is 10.0. The average Bonchev–Trinajstić information content (AvgIpc) is 3.00. The van der Waals surface area contributed by atoms with Crippen molar-refractivity contribution in [3.05, 3.63) is 28.5 Å². The number of halogens is 1. The van der Waals surface area contributed by atoms with Crippen LogP contribution in [-0.4, -0.2) is 45.4 Å². The third-order valence-electron chi connectivity index (χ3n) is 3.84. The molecule has 0 unspecified atom stereocenters. The van der Waals surface area contributed by atoms with Gasteiger partial charge in [0.05, 0.1) is 40.0 Å². The first-order valence-corrected chi connectivity index (χ1v) is 8.13. The van der Waals surface area contributed by atoms with Crippen LogP contribution in [0.15, 0.2) is 12.1 Å². The van der Waals surface area contributed by atoms with Gasteiger partial charge in [0.1, 0.15) is 5.69 Å². The number of ether oxygens (including phenoxy) is 4. The molecule has 0 saturated carbocycles. The molecule has 0 aliphatic rings. The van der Waals surface area contributed by atoms with Crippen molar-refractivity contribution < 1.29 is 23.7 Å². The minimum absolute atomic E-state index is 0.0753. The number of nitrogens with one attached hydrogen (secondary N) is 3. The number of methoxy groups -OCH3 is 4. The van der Waals surface area contributed by atoms with Crippen molar-refractivity contribution in [2.45, 2.75) is 6.54 Å². The molecule has 0 aliphatic heterocycles. The maximum atomic E-state index is 12.0. The molecule has 0 radical (unpaired) electrons. The zero-order chi connectivity index (χ0) is 20.1. The highest BCUT2D eigenvalue weighted by atomic mass is 35.5. The van der Waals surface area contributed by atoms with Crippen LogP contribution in [0.1, 0.15) is 16.2 Å². The molecule has 0 amide bonds. The Hall–Kier alpha value is -3.07. The molecule has 9 nitrogen and oxygen atoms in total. The van der Waals surface area contributed by atoms with Crippen LogP contribution in [0.3, 0.4) is 0 Å². The Bertz CT molecular complexity index is 865. The van der Waals surface area contributed by atoms with Gasteiger partial charge < -0.3 is 35.0 Å². The van der Waals surface area contributed by atoms with E-state index in [1.54, 1.807) is 12.1 Å². The van der Waals surface area contributed by atoms with Crippen molar-refractivity contribution >= 4 is 23.5 Å². The molecule has 0 bridgehead atoms. The van der Waals surface area contributed by atoms with Gasteiger partial charge in [-0.05, 0) is 12.1 Å². The average molecular weight is 397 g/mol. The lowest BCUT2D eigenvalue weighted by molar-refractivity contribution is 0.0595. The standard InChI is InChI=1S/C17H21ClN4O5/c1-24-10-6-5-8(14(25-2)15(10)26-3)11-9(7-21-17(19)20)22-13(12(11)18)16(23)27-4/h5-6,22H,7H2,1-4H3,(H4,19,20,21). The van der Waals surface area contributed by atoms with Crippen molar-refractivity contribution in [2.24, 2.45) is 5.73 Å². The van der Waals surface area contributed by atoms with E-state index in [0.29, 0.717) is 34.1 Å². The number of rotatable bonds is 7. The van der Waals surface area contributed by atoms with E-state index >= 15 is 0 Å². The second kappa shape index (κ2) is 8.54. The Morgan fingerprint density at radius 2 is 1.85 bits per heavy atom. The molecule has 146 valence electrons. The van der Waals surface area contributed by atoms with Crippen LogP contribution >= 0.6 is 11.6 Å². The largest absolute Gasteiger partial charge is 0.493 e. The van der Waals surface area contributed by atoms with E-state index in [2.05, 4.69) is 10.3 Å². The van der Waals surface area contributed by atoms with Crippen LogP contribution in [0, 0.1) is 5.41 Å². The summed E-state index contributed by atoms with van der Waals surface area (Å²) in [5.41, 5.74) is 7.01. The van der Waals surface area contributed by atoms with Gasteiger partial charge in [-0.2, -0.15) is 0 Å². The molecule has 1 heterocycles. The quantitative estimate of drug-likeness (QED) is 0.320. The minimum atomic E-state index is -0.630. The van der Waals surface area contributed by atoms with Gasteiger partial charge in [0.2, 0.25) is 5.75 Å². The number of benzene rings is 1. The van der Waals surface area contributed by atoms with Crippen molar-refractivity contribution in [1.29, 1.82) is 5.41 Å². The van der Waals surface area contributed by atoms with Gasteiger partial charge in [0.15, 0.2) is 17.5 Å². The molecule has 0 spiro atoms. The molecule has 27 heavy (non-hydrogen) atoms. The summed E-state index contributed by atoms with van der Waals surface area (Å²) in [5, 5.41) is 10.2. The Morgan fingerprint density at radius 3 is 2.37 bits per heavy atom. The highest BCUT2D eigenvalue weighted by molar-refractivity contribution is 6.36. The SMILES string of the molecule is COC(=O)c1[nH]c(CNC(=N)N)c(-c2ccc(OC)c(OC)c2OC)c1Cl. The maximum absolute atomic E-state index is 12.0. The van der Waals surface area contributed by atoms with Gasteiger partial charge >= 0.3 is 5.97 Å². The van der Waals surface area contributed by atoms with E-state index in [1.807, 2.05) is 0 Å². The first-order chi connectivity index (χ1) is 12.9. The van der Waals surface area contributed by atoms with Gasteiger partial charge in [-0.3, -0.25) is 5.41 Å². The van der Waals surface area contributed by atoms with Crippen molar-refractivity contribution in [1.82, 2.24) is 10.3 Å². The number of carbonyl (C=O) groups excluding carboxylic acids is 1. The Kier molecular flexibility index (Phi) is 6.40. The highest BCUT2D eigenvalue weighted by Crippen LogP contribution is 2.47. The maximum Gasteiger partial charge on any atom is 0.356 e. The summed E-state index contributed by atoms with van der Waals surface area (Å²) in [6.45, 7) is 0.124. The van der Waals surface area contributed by atoms with E-state index in [-0.39, 0.29) is 23.2 Å². The van der Waals surface area contributed by atoms with E-state index in [0.717, 1.165) is 0 Å². The van der Waals surface area contributed by atoms with E-state index in [4.69, 9.17) is 41.7 Å². The molecule has 0 aliphatic carbocycles. The second-order valence-electron chi connectivity index (χ2n) is 5.31.